The SMILES string of the molecule is C=C(CN)N[C@@H](Cc1ccccc1)C(N)=O. The van der Waals surface area contributed by atoms with Crippen LogP contribution in [-0.4, -0.2) is 18.5 Å². The first kappa shape index (κ1) is 12.3. The second-order valence-corrected chi connectivity index (χ2v) is 3.60. The number of primary amides is 1. The molecule has 0 aliphatic heterocycles. The molecule has 0 saturated carbocycles. The Kier molecular flexibility index (Phi) is 4.54. The highest BCUT2D eigenvalue weighted by Crippen LogP contribution is 2.03. The monoisotopic (exact) mass is 219 g/mol. The van der Waals surface area contributed by atoms with Crippen molar-refractivity contribution in [3.8, 4) is 0 Å². The van der Waals surface area contributed by atoms with Crippen LogP contribution in [0.1, 0.15) is 5.56 Å². The largest absolute Gasteiger partial charge is 0.376 e. The summed E-state index contributed by atoms with van der Waals surface area (Å²) >= 11 is 0. The van der Waals surface area contributed by atoms with E-state index in [0.29, 0.717) is 18.7 Å². The number of rotatable bonds is 6. The third kappa shape index (κ3) is 3.74. The van der Waals surface area contributed by atoms with E-state index in [1.807, 2.05) is 30.3 Å². The van der Waals surface area contributed by atoms with Gasteiger partial charge < -0.3 is 16.8 Å². The van der Waals surface area contributed by atoms with Gasteiger partial charge in [0.25, 0.3) is 0 Å². The third-order valence-corrected chi connectivity index (χ3v) is 2.25. The molecule has 0 aliphatic rings. The van der Waals surface area contributed by atoms with Gasteiger partial charge in [-0.3, -0.25) is 4.79 Å². The zero-order valence-corrected chi connectivity index (χ0v) is 9.15. The van der Waals surface area contributed by atoms with Gasteiger partial charge in [-0.2, -0.15) is 0 Å². The highest BCUT2D eigenvalue weighted by atomic mass is 16.1. The molecular weight excluding hydrogens is 202 g/mol. The van der Waals surface area contributed by atoms with Crippen molar-refractivity contribution in [2.24, 2.45) is 11.5 Å². The fourth-order valence-corrected chi connectivity index (χ4v) is 1.38. The molecule has 0 spiro atoms. The lowest BCUT2D eigenvalue weighted by molar-refractivity contribution is -0.119. The summed E-state index contributed by atoms with van der Waals surface area (Å²) < 4.78 is 0. The van der Waals surface area contributed by atoms with Gasteiger partial charge in [-0.1, -0.05) is 36.9 Å². The number of hydrogen-bond acceptors (Lipinski definition) is 3. The van der Waals surface area contributed by atoms with Crippen LogP contribution in [0.4, 0.5) is 0 Å². The van der Waals surface area contributed by atoms with Gasteiger partial charge in [0, 0.05) is 18.7 Å². The quantitative estimate of drug-likeness (QED) is 0.637. The van der Waals surface area contributed by atoms with Gasteiger partial charge in [0.15, 0.2) is 0 Å². The van der Waals surface area contributed by atoms with Crippen LogP contribution in [0.5, 0.6) is 0 Å². The lowest BCUT2D eigenvalue weighted by Gasteiger charge is -2.17. The molecule has 0 aliphatic carbocycles. The average Bonchev–Trinajstić information content (AvgIpc) is 2.29. The Bertz CT molecular complexity index is 362. The molecule has 0 aromatic heterocycles. The summed E-state index contributed by atoms with van der Waals surface area (Å²) in [5.74, 6) is -0.404. The Morgan fingerprint density at radius 1 is 1.38 bits per heavy atom. The number of hydrogen-bond donors (Lipinski definition) is 3. The number of carbonyl (C=O) groups excluding carboxylic acids is 1. The van der Waals surface area contributed by atoms with Gasteiger partial charge in [0.1, 0.15) is 6.04 Å². The van der Waals surface area contributed by atoms with E-state index in [1.165, 1.54) is 0 Å². The number of benzene rings is 1. The van der Waals surface area contributed by atoms with Crippen LogP contribution in [0, 0.1) is 0 Å². The van der Waals surface area contributed by atoms with E-state index in [4.69, 9.17) is 11.5 Å². The van der Waals surface area contributed by atoms with E-state index in [9.17, 15) is 4.79 Å². The molecule has 4 nitrogen and oxygen atoms in total. The second-order valence-electron chi connectivity index (χ2n) is 3.60. The van der Waals surface area contributed by atoms with E-state index in [1.54, 1.807) is 0 Å². The summed E-state index contributed by atoms with van der Waals surface area (Å²) in [5.41, 5.74) is 12.4. The second kappa shape index (κ2) is 5.92. The number of amides is 1. The normalized spacial score (nSPS) is 11.8. The summed E-state index contributed by atoms with van der Waals surface area (Å²) in [6, 6.07) is 9.20. The zero-order chi connectivity index (χ0) is 12.0. The van der Waals surface area contributed by atoms with Gasteiger partial charge in [0.2, 0.25) is 5.91 Å². The lowest BCUT2D eigenvalue weighted by Crippen LogP contribution is -2.43. The first-order valence-corrected chi connectivity index (χ1v) is 5.11. The maximum absolute atomic E-state index is 11.2. The van der Waals surface area contributed by atoms with Crippen LogP contribution >= 0.6 is 0 Å². The lowest BCUT2D eigenvalue weighted by atomic mass is 10.1. The smallest absolute Gasteiger partial charge is 0.240 e. The van der Waals surface area contributed by atoms with E-state index < -0.39 is 11.9 Å². The fourth-order valence-electron chi connectivity index (χ4n) is 1.38. The molecule has 1 rings (SSSR count). The maximum Gasteiger partial charge on any atom is 0.240 e. The molecule has 5 N–H and O–H groups in total. The maximum atomic E-state index is 11.2. The molecule has 0 radical (unpaired) electrons. The predicted octanol–water partition coefficient (Wildman–Crippen LogP) is 0.145. The van der Waals surface area contributed by atoms with E-state index in [-0.39, 0.29) is 0 Å². The molecule has 0 bridgehead atoms. The minimum Gasteiger partial charge on any atom is -0.376 e. The van der Waals surface area contributed by atoms with Gasteiger partial charge in [0.05, 0.1) is 0 Å². The summed E-state index contributed by atoms with van der Waals surface area (Å²) in [4.78, 5) is 11.2. The van der Waals surface area contributed by atoms with Crippen molar-refractivity contribution in [3.63, 3.8) is 0 Å². The van der Waals surface area contributed by atoms with Crippen LogP contribution in [0.3, 0.4) is 0 Å². The van der Waals surface area contributed by atoms with Crippen molar-refractivity contribution < 1.29 is 4.79 Å². The molecule has 1 aromatic carbocycles. The molecule has 0 heterocycles. The first-order valence-electron chi connectivity index (χ1n) is 5.11. The topological polar surface area (TPSA) is 81.1 Å². The van der Waals surface area contributed by atoms with Gasteiger partial charge in [-0.05, 0) is 5.56 Å². The molecule has 1 amide bonds. The molecule has 0 saturated heterocycles. The van der Waals surface area contributed by atoms with Crippen LogP contribution < -0.4 is 16.8 Å². The Balaban J connectivity index is 2.65. The number of nitrogens with two attached hydrogens (primary N) is 2. The van der Waals surface area contributed by atoms with Crippen molar-refractivity contribution >= 4 is 5.91 Å². The molecule has 0 unspecified atom stereocenters. The number of carbonyl (C=O) groups is 1. The Morgan fingerprint density at radius 3 is 2.50 bits per heavy atom. The summed E-state index contributed by atoms with van der Waals surface area (Å²) in [6.07, 6.45) is 0.537. The summed E-state index contributed by atoms with van der Waals surface area (Å²) in [7, 11) is 0. The highest BCUT2D eigenvalue weighted by Gasteiger charge is 2.15. The van der Waals surface area contributed by atoms with Crippen molar-refractivity contribution in [1.82, 2.24) is 5.32 Å². The molecule has 1 atom stereocenters. The van der Waals surface area contributed by atoms with E-state index in [2.05, 4.69) is 11.9 Å². The van der Waals surface area contributed by atoms with Crippen LogP contribution in [0.2, 0.25) is 0 Å². The first-order chi connectivity index (χ1) is 7.63. The summed E-state index contributed by atoms with van der Waals surface area (Å²) in [6.45, 7) is 3.98. The Labute approximate surface area is 95.3 Å². The van der Waals surface area contributed by atoms with Gasteiger partial charge in [-0.25, -0.2) is 0 Å². The van der Waals surface area contributed by atoms with Crippen LogP contribution in [0.15, 0.2) is 42.6 Å². The molecular formula is C12H17N3O. The molecule has 4 heteroatoms. The van der Waals surface area contributed by atoms with Crippen molar-refractivity contribution in [2.75, 3.05) is 6.54 Å². The fraction of sp³-hybridized carbons (Fsp3) is 0.250. The van der Waals surface area contributed by atoms with E-state index >= 15 is 0 Å². The van der Waals surface area contributed by atoms with Crippen molar-refractivity contribution in [2.45, 2.75) is 12.5 Å². The molecule has 16 heavy (non-hydrogen) atoms. The summed E-state index contributed by atoms with van der Waals surface area (Å²) in [5, 5.41) is 2.92. The van der Waals surface area contributed by atoms with Crippen molar-refractivity contribution in [3.05, 3.63) is 48.2 Å². The minimum absolute atomic E-state index is 0.290. The highest BCUT2D eigenvalue weighted by molar-refractivity contribution is 5.80. The zero-order valence-electron chi connectivity index (χ0n) is 9.15. The Morgan fingerprint density at radius 2 is 2.00 bits per heavy atom. The average molecular weight is 219 g/mol. The van der Waals surface area contributed by atoms with Gasteiger partial charge >= 0.3 is 0 Å². The predicted molar refractivity (Wildman–Crippen MR) is 64.5 cm³/mol. The third-order valence-electron chi connectivity index (χ3n) is 2.25. The Hall–Kier alpha value is -1.81. The number of nitrogens with one attached hydrogen (secondary N) is 1. The van der Waals surface area contributed by atoms with Crippen molar-refractivity contribution in [1.29, 1.82) is 0 Å². The van der Waals surface area contributed by atoms with Crippen LogP contribution in [-0.2, 0) is 11.2 Å². The van der Waals surface area contributed by atoms with Crippen LogP contribution in [0.25, 0.3) is 0 Å². The molecule has 0 fully saturated rings. The molecule has 86 valence electrons. The standard InChI is InChI=1S/C12H17N3O/c1-9(8-13)15-11(12(14)16)7-10-5-3-2-4-6-10/h2-6,11,15H,1,7-8,13H2,(H2,14,16)/t11-/m0/s1. The van der Waals surface area contributed by atoms with E-state index in [0.717, 1.165) is 5.56 Å². The molecule has 1 aromatic rings. The van der Waals surface area contributed by atoms with Gasteiger partial charge in [-0.15, -0.1) is 0 Å². The minimum atomic E-state index is -0.460.